The first-order valence-corrected chi connectivity index (χ1v) is 6.54. The van der Waals surface area contributed by atoms with E-state index in [1.165, 1.54) is 0 Å². The van der Waals surface area contributed by atoms with Crippen LogP contribution >= 0.6 is 11.6 Å². The Morgan fingerprint density at radius 1 is 1.37 bits per heavy atom. The van der Waals surface area contributed by atoms with Gasteiger partial charge in [-0.2, -0.15) is 0 Å². The van der Waals surface area contributed by atoms with E-state index in [1.807, 2.05) is 0 Å². The maximum Gasteiger partial charge on any atom is 0.171 e. The lowest BCUT2D eigenvalue weighted by atomic mass is 10.2. The van der Waals surface area contributed by atoms with Gasteiger partial charge in [0.05, 0.1) is 11.6 Å². The van der Waals surface area contributed by atoms with E-state index >= 15 is 0 Å². The average Bonchev–Trinajstić information content (AvgIpc) is 2.42. The summed E-state index contributed by atoms with van der Waals surface area (Å²) < 4.78 is 10.9. The van der Waals surface area contributed by atoms with E-state index < -0.39 is 0 Å². The first kappa shape index (κ1) is 15.6. The Kier molecular flexibility index (Phi) is 7.07. The Hall–Kier alpha value is -1.46. The van der Waals surface area contributed by atoms with Gasteiger partial charge in [0.1, 0.15) is 12.4 Å². The van der Waals surface area contributed by atoms with Crippen LogP contribution in [0.4, 0.5) is 0 Å². The molecule has 0 aliphatic rings. The van der Waals surface area contributed by atoms with Crippen molar-refractivity contribution < 1.29 is 14.7 Å². The van der Waals surface area contributed by atoms with Crippen molar-refractivity contribution in [1.82, 2.24) is 0 Å². The molecule has 0 saturated carbocycles. The first-order chi connectivity index (χ1) is 9.19. The highest BCUT2D eigenvalue weighted by Gasteiger charge is 2.06. The predicted molar refractivity (Wildman–Crippen MR) is 75.2 cm³/mol. The van der Waals surface area contributed by atoms with Gasteiger partial charge in [-0.1, -0.05) is 30.1 Å². The van der Waals surface area contributed by atoms with Crippen LogP contribution in [0.5, 0.6) is 5.75 Å². The summed E-state index contributed by atoms with van der Waals surface area (Å²) >= 11 is 6.00. The molecule has 0 radical (unpaired) electrons. The molecule has 6 heteroatoms. The van der Waals surface area contributed by atoms with Gasteiger partial charge in [0.25, 0.3) is 0 Å². The number of hydrogen-bond donors (Lipinski definition) is 2. The van der Waals surface area contributed by atoms with Crippen LogP contribution in [0, 0.1) is 0 Å². The third-order valence-electron chi connectivity index (χ3n) is 2.46. The van der Waals surface area contributed by atoms with Crippen LogP contribution in [0.2, 0.25) is 5.02 Å². The molecule has 19 heavy (non-hydrogen) atoms. The maximum atomic E-state index is 8.58. The lowest BCUT2D eigenvalue weighted by Crippen LogP contribution is -2.13. The minimum absolute atomic E-state index is 0.0283. The van der Waals surface area contributed by atoms with Crippen LogP contribution in [-0.2, 0) is 4.74 Å². The number of nitrogens with two attached hydrogens (primary N) is 1. The molecule has 0 fully saturated rings. The fourth-order valence-corrected chi connectivity index (χ4v) is 1.68. The smallest absolute Gasteiger partial charge is 0.171 e. The van der Waals surface area contributed by atoms with E-state index in [1.54, 1.807) is 18.2 Å². The minimum Gasteiger partial charge on any atom is -0.491 e. The highest BCUT2D eigenvalue weighted by atomic mass is 35.5. The zero-order valence-electron chi connectivity index (χ0n) is 10.9. The van der Waals surface area contributed by atoms with Gasteiger partial charge in [-0.05, 0) is 24.6 Å². The number of oxime groups is 1. The third kappa shape index (κ3) is 5.36. The fraction of sp³-hybridized carbons (Fsp3) is 0.462. The van der Waals surface area contributed by atoms with Gasteiger partial charge in [0, 0.05) is 12.2 Å². The SMILES string of the molecule is CCCCOCCOc1ccc(C(N)=NO)c(Cl)c1. The second-order valence-corrected chi connectivity index (χ2v) is 4.35. The minimum atomic E-state index is -0.0283. The molecule has 0 aromatic heterocycles. The van der Waals surface area contributed by atoms with Crippen molar-refractivity contribution in [2.24, 2.45) is 10.9 Å². The molecule has 0 atom stereocenters. The summed E-state index contributed by atoms with van der Waals surface area (Å²) in [6.45, 7) is 3.87. The van der Waals surface area contributed by atoms with Gasteiger partial charge < -0.3 is 20.4 Å². The average molecular weight is 287 g/mol. The van der Waals surface area contributed by atoms with Gasteiger partial charge in [0.2, 0.25) is 0 Å². The molecular weight excluding hydrogens is 268 g/mol. The van der Waals surface area contributed by atoms with Crippen molar-refractivity contribution in [3.05, 3.63) is 28.8 Å². The second-order valence-electron chi connectivity index (χ2n) is 3.94. The summed E-state index contributed by atoms with van der Waals surface area (Å²) in [5, 5.41) is 11.9. The summed E-state index contributed by atoms with van der Waals surface area (Å²) in [6.07, 6.45) is 2.17. The molecule has 0 saturated heterocycles. The second kappa shape index (κ2) is 8.61. The van der Waals surface area contributed by atoms with E-state index in [9.17, 15) is 0 Å². The molecule has 3 N–H and O–H groups in total. The highest BCUT2D eigenvalue weighted by Crippen LogP contribution is 2.22. The molecule has 0 bridgehead atoms. The number of hydrogen-bond acceptors (Lipinski definition) is 4. The van der Waals surface area contributed by atoms with Gasteiger partial charge in [0.15, 0.2) is 5.84 Å². The normalized spacial score (nSPS) is 11.6. The summed E-state index contributed by atoms with van der Waals surface area (Å²) in [5.41, 5.74) is 5.94. The van der Waals surface area contributed by atoms with Crippen LogP contribution in [0.1, 0.15) is 25.3 Å². The van der Waals surface area contributed by atoms with E-state index in [-0.39, 0.29) is 5.84 Å². The standard InChI is InChI=1S/C13H19ClN2O3/c1-2-3-6-18-7-8-19-10-4-5-11(12(14)9-10)13(15)16-17/h4-5,9,17H,2-3,6-8H2,1H3,(H2,15,16). The Morgan fingerprint density at radius 2 is 2.16 bits per heavy atom. The summed E-state index contributed by atoms with van der Waals surface area (Å²) in [4.78, 5) is 0. The largest absolute Gasteiger partial charge is 0.491 e. The lowest BCUT2D eigenvalue weighted by molar-refractivity contribution is 0.0980. The van der Waals surface area contributed by atoms with Crippen molar-refractivity contribution in [3.63, 3.8) is 0 Å². The molecule has 0 spiro atoms. The van der Waals surface area contributed by atoms with E-state index in [0.717, 1.165) is 19.4 Å². The number of ether oxygens (including phenoxy) is 2. The number of unbranched alkanes of at least 4 members (excludes halogenated alkanes) is 1. The lowest BCUT2D eigenvalue weighted by Gasteiger charge is -2.09. The topological polar surface area (TPSA) is 77.1 Å². The first-order valence-electron chi connectivity index (χ1n) is 6.17. The zero-order valence-corrected chi connectivity index (χ0v) is 11.7. The van der Waals surface area contributed by atoms with Crippen molar-refractivity contribution in [1.29, 1.82) is 0 Å². The monoisotopic (exact) mass is 286 g/mol. The summed E-state index contributed by atoms with van der Waals surface area (Å²) in [7, 11) is 0. The Labute approximate surface area is 117 Å². The maximum absolute atomic E-state index is 8.58. The number of nitrogens with zero attached hydrogens (tertiary/aromatic N) is 1. The molecule has 106 valence electrons. The zero-order chi connectivity index (χ0) is 14.1. The van der Waals surface area contributed by atoms with Crippen molar-refractivity contribution >= 4 is 17.4 Å². The predicted octanol–water partition coefficient (Wildman–Crippen LogP) is 2.63. The van der Waals surface area contributed by atoms with Crippen LogP contribution in [0.15, 0.2) is 23.4 Å². The quantitative estimate of drug-likeness (QED) is 0.253. The molecule has 0 heterocycles. The summed E-state index contributed by atoms with van der Waals surface area (Å²) in [6, 6.07) is 4.98. The van der Waals surface area contributed by atoms with Gasteiger partial charge in [-0.3, -0.25) is 0 Å². The highest BCUT2D eigenvalue weighted by molar-refractivity contribution is 6.34. The third-order valence-corrected chi connectivity index (χ3v) is 2.78. The van der Waals surface area contributed by atoms with Crippen LogP contribution in [0.3, 0.4) is 0 Å². The molecule has 1 aromatic rings. The molecule has 0 aliphatic heterocycles. The van der Waals surface area contributed by atoms with E-state index in [0.29, 0.717) is 29.5 Å². The van der Waals surface area contributed by atoms with E-state index in [2.05, 4.69) is 12.1 Å². The molecule has 5 nitrogen and oxygen atoms in total. The van der Waals surface area contributed by atoms with E-state index in [4.69, 9.17) is 32.0 Å². The van der Waals surface area contributed by atoms with Gasteiger partial charge in [-0.25, -0.2) is 0 Å². The van der Waals surface area contributed by atoms with Crippen LogP contribution in [0.25, 0.3) is 0 Å². The van der Waals surface area contributed by atoms with Crippen molar-refractivity contribution in [2.45, 2.75) is 19.8 Å². The molecule has 1 aromatic carbocycles. The molecular formula is C13H19ClN2O3. The number of amidine groups is 1. The number of rotatable bonds is 8. The number of benzene rings is 1. The fourth-order valence-electron chi connectivity index (χ4n) is 1.41. The summed E-state index contributed by atoms with van der Waals surface area (Å²) in [5.74, 6) is 0.595. The molecule has 0 unspecified atom stereocenters. The Morgan fingerprint density at radius 3 is 2.79 bits per heavy atom. The number of halogens is 1. The Bertz CT molecular complexity index is 424. The molecule has 0 amide bonds. The van der Waals surface area contributed by atoms with Crippen LogP contribution < -0.4 is 10.5 Å². The van der Waals surface area contributed by atoms with Gasteiger partial charge >= 0.3 is 0 Å². The van der Waals surface area contributed by atoms with Crippen LogP contribution in [-0.4, -0.2) is 30.9 Å². The Balaban J connectivity index is 2.42. The van der Waals surface area contributed by atoms with Crippen molar-refractivity contribution in [3.8, 4) is 5.75 Å². The molecule has 0 aliphatic carbocycles. The van der Waals surface area contributed by atoms with Gasteiger partial charge in [-0.15, -0.1) is 0 Å². The van der Waals surface area contributed by atoms with Crippen molar-refractivity contribution in [2.75, 3.05) is 19.8 Å². The molecule has 1 rings (SSSR count).